The Balaban J connectivity index is 1.65. The number of halogens is 1. The number of likely N-dealkylation sites (tertiary alicyclic amines) is 1. The number of nitrogens with one attached hydrogen (secondary N) is 1. The summed E-state index contributed by atoms with van der Waals surface area (Å²) in [5.74, 6) is 0.989. The summed E-state index contributed by atoms with van der Waals surface area (Å²) in [6.07, 6.45) is 7.19. The maximum Gasteiger partial charge on any atom is 0.121 e. The van der Waals surface area contributed by atoms with E-state index >= 15 is 0 Å². The van der Waals surface area contributed by atoms with Crippen molar-refractivity contribution in [2.45, 2.75) is 64.2 Å². The fourth-order valence-corrected chi connectivity index (χ4v) is 4.40. The molecule has 5 atom stereocenters. The molecule has 0 spiro atoms. The SMILES string of the molecule is CCN1CCCC1CC1=CN[C@H]2C(F)CC(C)CC12. The van der Waals surface area contributed by atoms with Gasteiger partial charge in [0, 0.05) is 12.0 Å². The van der Waals surface area contributed by atoms with E-state index in [1.165, 1.54) is 31.4 Å². The molecule has 1 saturated carbocycles. The maximum absolute atomic E-state index is 14.1. The van der Waals surface area contributed by atoms with Gasteiger partial charge >= 0.3 is 0 Å². The van der Waals surface area contributed by atoms with Gasteiger partial charge in [-0.05, 0) is 62.9 Å². The predicted octanol–water partition coefficient (Wildman–Crippen LogP) is 3.10. The molecule has 3 aliphatic rings. The lowest BCUT2D eigenvalue weighted by molar-refractivity contribution is 0.134. The lowest BCUT2D eigenvalue weighted by Crippen LogP contribution is -2.43. The molecule has 0 aromatic rings. The monoisotopic (exact) mass is 266 g/mol. The first-order valence-electron chi connectivity index (χ1n) is 8.02. The fraction of sp³-hybridized carbons (Fsp3) is 0.875. The zero-order chi connectivity index (χ0) is 13.4. The molecule has 2 heterocycles. The van der Waals surface area contributed by atoms with Crippen molar-refractivity contribution in [3.05, 3.63) is 11.8 Å². The lowest BCUT2D eigenvalue weighted by Gasteiger charge is -2.35. The van der Waals surface area contributed by atoms with E-state index in [2.05, 4.69) is 30.3 Å². The average Bonchev–Trinajstić information content (AvgIpc) is 2.97. The maximum atomic E-state index is 14.1. The zero-order valence-electron chi connectivity index (χ0n) is 12.2. The van der Waals surface area contributed by atoms with Gasteiger partial charge in [0.25, 0.3) is 0 Å². The molecule has 2 nitrogen and oxygen atoms in total. The van der Waals surface area contributed by atoms with E-state index in [1.807, 2.05) is 0 Å². The van der Waals surface area contributed by atoms with Gasteiger partial charge in [0.1, 0.15) is 6.17 Å². The largest absolute Gasteiger partial charge is 0.385 e. The van der Waals surface area contributed by atoms with Gasteiger partial charge in [0.05, 0.1) is 6.04 Å². The molecule has 1 saturated heterocycles. The molecule has 108 valence electrons. The first-order chi connectivity index (χ1) is 9.19. The van der Waals surface area contributed by atoms with E-state index in [0.29, 0.717) is 17.9 Å². The van der Waals surface area contributed by atoms with Crippen LogP contribution in [-0.4, -0.2) is 36.2 Å². The number of nitrogens with zero attached hydrogens (tertiary/aromatic N) is 1. The Bertz CT molecular complexity index is 355. The van der Waals surface area contributed by atoms with Crippen LogP contribution in [0.5, 0.6) is 0 Å². The second-order valence-corrected chi connectivity index (χ2v) is 6.74. The molecule has 2 aliphatic heterocycles. The van der Waals surface area contributed by atoms with Crippen LogP contribution >= 0.6 is 0 Å². The Kier molecular flexibility index (Phi) is 3.84. The van der Waals surface area contributed by atoms with Crippen LogP contribution in [0, 0.1) is 11.8 Å². The summed E-state index contributed by atoms with van der Waals surface area (Å²) in [6.45, 7) is 6.86. The van der Waals surface area contributed by atoms with Crippen molar-refractivity contribution in [1.29, 1.82) is 0 Å². The van der Waals surface area contributed by atoms with E-state index in [1.54, 1.807) is 0 Å². The van der Waals surface area contributed by atoms with Gasteiger partial charge < -0.3 is 10.2 Å². The van der Waals surface area contributed by atoms with Gasteiger partial charge in [-0.1, -0.05) is 13.8 Å². The van der Waals surface area contributed by atoms with E-state index in [4.69, 9.17) is 0 Å². The van der Waals surface area contributed by atoms with E-state index in [0.717, 1.165) is 19.4 Å². The topological polar surface area (TPSA) is 15.3 Å². The fourth-order valence-electron chi connectivity index (χ4n) is 4.40. The summed E-state index contributed by atoms with van der Waals surface area (Å²) in [5.41, 5.74) is 1.49. The third-order valence-corrected chi connectivity index (χ3v) is 5.42. The van der Waals surface area contributed by atoms with E-state index in [-0.39, 0.29) is 6.04 Å². The molecule has 3 rings (SSSR count). The molecule has 0 bridgehead atoms. The summed E-state index contributed by atoms with van der Waals surface area (Å²) < 4.78 is 14.1. The second-order valence-electron chi connectivity index (χ2n) is 6.74. The molecule has 0 radical (unpaired) electrons. The van der Waals surface area contributed by atoms with Crippen LogP contribution in [0.25, 0.3) is 0 Å². The predicted molar refractivity (Wildman–Crippen MR) is 76.7 cm³/mol. The molecule has 3 heteroatoms. The summed E-state index contributed by atoms with van der Waals surface area (Å²) in [4.78, 5) is 2.59. The van der Waals surface area contributed by atoms with Crippen LogP contribution in [0.1, 0.15) is 46.0 Å². The minimum Gasteiger partial charge on any atom is -0.385 e. The van der Waals surface area contributed by atoms with Crippen LogP contribution in [-0.2, 0) is 0 Å². The lowest BCUT2D eigenvalue weighted by atomic mass is 9.75. The summed E-state index contributed by atoms with van der Waals surface area (Å²) in [7, 11) is 0. The van der Waals surface area contributed by atoms with Crippen molar-refractivity contribution in [2.24, 2.45) is 11.8 Å². The first-order valence-corrected chi connectivity index (χ1v) is 8.02. The molecule has 0 aromatic heterocycles. The van der Waals surface area contributed by atoms with Crippen molar-refractivity contribution in [2.75, 3.05) is 13.1 Å². The van der Waals surface area contributed by atoms with E-state index < -0.39 is 6.17 Å². The number of hydrogen-bond donors (Lipinski definition) is 1. The minimum absolute atomic E-state index is 0.0719. The minimum atomic E-state index is -0.659. The van der Waals surface area contributed by atoms with Crippen molar-refractivity contribution in [1.82, 2.24) is 10.2 Å². The van der Waals surface area contributed by atoms with Gasteiger partial charge in [-0.15, -0.1) is 0 Å². The quantitative estimate of drug-likeness (QED) is 0.844. The molecule has 2 fully saturated rings. The molecular formula is C16H27FN2. The number of alkyl halides is 1. The molecule has 4 unspecified atom stereocenters. The highest BCUT2D eigenvalue weighted by Gasteiger charge is 2.41. The summed E-state index contributed by atoms with van der Waals surface area (Å²) >= 11 is 0. The molecule has 0 amide bonds. The number of rotatable bonds is 3. The Morgan fingerprint density at radius 2 is 2.26 bits per heavy atom. The molecule has 1 aliphatic carbocycles. The van der Waals surface area contributed by atoms with Crippen LogP contribution in [0.3, 0.4) is 0 Å². The Hall–Kier alpha value is -0.570. The third kappa shape index (κ3) is 2.54. The Morgan fingerprint density at radius 1 is 1.42 bits per heavy atom. The first kappa shape index (κ1) is 13.4. The van der Waals surface area contributed by atoms with Crippen molar-refractivity contribution in [3.8, 4) is 0 Å². The highest BCUT2D eigenvalue weighted by Crippen LogP contribution is 2.41. The third-order valence-electron chi connectivity index (χ3n) is 5.42. The van der Waals surface area contributed by atoms with Gasteiger partial charge in [-0.2, -0.15) is 0 Å². The standard InChI is InChI=1S/C16H27FN2/c1-3-19-6-4-5-13(19)9-12-10-18-16-14(12)7-11(2)8-15(16)17/h10-11,13-16,18H,3-9H2,1-2H3/t11?,13?,14?,15?,16-/m1/s1. The number of fused-ring (bicyclic) bond motifs is 1. The van der Waals surface area contributed by atoms with Gasteiger partial charge in [0.2, 0.25) is 0 Å². The highest BCUT2D eigenvalue weighted by atomic mass is 19.1. The van der Waals surface area contributed by atoms with Crippen LogP contribution in [0.2, 0.25) is 0 Å². The Morgan fingerprint density at radius 3 is 3.05 bits per heavy atom. The van der Waals surface area contributed by atoms with Crippen LogP contribution in [0.15, 0.2) is 11.8 Å². The molecular weight excluding hydrogens is 239 g/mol. The summed E-state index contributed by atoms with van der Waals surface area (Å²) in [6, 6.07) is 0.773. The normalized spacial score (nSPS) is 42.9. The van der Waals surface area contributed by atoms with Gasteiger partial charge in [0.15, 0.2) is 0 Å². The van der Waals surface area contributed by atoms with Gasteiger partial charge in [-0.25, -0.2) is 4.39 Å². The molecule has 19 heavy (non-hydrogen) atoms. The summed E-state index contributed by atoms with van der Waals surface area (Å²) in [5, 5.41) is 3.33. The van der Waals surface area contributed by atoms with Crippen molar-refractivity contribution < 1.29 is 4.39 Å². The van der Waals surface area contributed by atoms with Crippen LogP contribution in [0.4, 0.5) is 4.39 Å². The van der Waals surface area contributed by atoms with E-state index in [9.17, 15) is 4.39 Å². The molecule has 1 N–H and O–H groups in total. The number of hydrogen-bond acceptors (Lipinski definition) is 2. The second kappa shape index (κ2) is 5.43. The smallest absolute Gasteiger partial charge is 0.121 e. The molecule has 0 aromatic carbocycles. The Labute approximate surface area is 116 Å². The highest BCUT2D eigenvalue weighted by molar-refractivity contribution is 5.20. The van der Waals surface area contributed by atoms with Crippen LogP contribution < -0.4 is 5.32 Å². The zero-order valence-corrected chi connectivity index (χ0v) is 12.2. The van der Waals surface area contributed by atoms with Gasteiger partial charge in [-0.3, -0.25) is 0 Å². The van der Waals surface area contributed by atoms with Crippen molar-refractivity contribution >= 4 is 0 Å². The average molecular weight is 266 g/mol. The van der Waals surface area contributed by atoms with Crippen molar-refractivity contribution in [3.63, 3.8) is 0 Å².